The van der Waals surface area contributed by atoms with Gasteiger partial charge in [-0.25, -0.2) is 0 Å². The molecule has 3 aromatic carbocycles. The summed E-state index contributed by atoms with van der Waals surface area (Å²) in [4.78, 5) is 66.5. The minimum atomic E-state index is -1.06. The third kappa shape index (κ3) is 7.53. The van der Waals surface area contributed by atoms with Gasteiger partial charge in [-0.15, -0.1) is 0 Å². The Morgan fingerprint density at radius 2 is 1.64 bits per heavy atom. The molecule has 0 radical (unpaired) electrons. The first-order valence-corrected chi connectivity index (χ1v) is 20.2. The number of carbonyl (C=O) groups excluding carboxylic acids is 5. The molecule has 58 heavy (non-hydrogen) atoms. The molecule has 1 saturated heterocycles. The number of anilines is 1. The molecule has 4 aliphatic heterocycles. The average Bonchev–Trinajstić information content (AvgIpc) is 3.67. The maximum absolute atomic E-state index is 13.3. The van der Waals surface area contributed by atoms with Crippen LogP contribution in [0.25, 0.3) is 0 Å². The van der Waals surface area contributed by atoms with E-state index in [1.54, 1.807) is 12.1 Å². The molecule has 0 spiro atoms. The van der Waals surface area contributed by atoms with E-state index in [4.69, 9.17) is 4.74 Å². The van der Waals surface area contributed by atoms with Crippen LogP contribution in [-0.4, -0.2) is 77.5 Å². The lowest BCUT2D eigenvalue weighted by atomic mass is 9.81. The van der Waals surface area contributed by atoms with Crippen LogP contribution in [0.15, 0.2) is 103 Å². The second-order valence-electron chi connectivity index (χ2n) is 16.3. The molecule has 4 aliphatic rings. The van der Waals surface area contributed by atoms with Crippen LogP contribution in [0, 0.1) is 0 Å². The Labute approximate surface area is 340 Å². The second kappa shape index (κ2) is 16.4. The van der Waals surface area contributed by atoms with Crippen molar-refractivity contribution in [3.8, 4) is 5.75 Å². The van der Waals surface area contributed by atoms with Gasteiger partial charge in [-0.2, -0.15) is 4.58 Å². The lowest BCUT2D eigenvalue weighted by molar-refractivity contribution is -0.401. The first-order valence-electron chi connectivity index (χ1n) is 20.2. The van der Waals surface area contributed by atoms with E-state index in [2.05, 4.69) is 134 Å². The summed E-state index contributed by atoms with van der Waals surface area (Å²) >= 11 is 0. The van der Waals surface area contributed by atoms with Crippen molar-refractivity contribution in [1.82, 2.24) is 15.5 Å². The van der Waals surface area contributed by atoms with E-state index < -0.39 is 29.7 Å². The molecule has 7 rings (SSSR count). The number of imide groups is 2. The molecular weight excluding hydrogens is 731 g/mol. The zero-order valence-electron chi connectivity index (χ0n) is 34.0. The van der Waals surface area contributed by atoms with Crippen LogP contribution in [0.2, 0.25) is 0 Å². The summed E-state index contributed by atoms with van der Waals surface area (Å²) in [5, 5.41) is 5.09. The number of hydrogen-bond acceptors (Lipinski definition) is 7. The van der Waals surface area contributed by atoms with Crippen molar-refractivity contribution < 1.29 is 33.3 Å². The van der Waals surface area contributed by atoms with Gasteiger partial charge >= 0.3 is 0 Å². The predicted octanol–water partition coefficient (Wildman–Crippen LogP) is 6.64. The Bertz CT molecular complexity index is 2300. The summed E-state index contributed by atoms with van der Waals surface area (Å²) < 4.78 is 8.13. The van der Waals surface area contributed by atoms with Crippen molar-refractivity contribution in [3.05, 3.63) is 125 Å². The summed E-state index contributed by atoms with van der Waals surface area (Å²) in [7, 11) is 2.13. The highest BCUT2D eigenvalue weighted by molar-refractivity contribution is 6.24. The fraction of sp³-hybridized carbons (Fsp3) is 0.362. The quantitative estimate of drug-likeness (QED) is 0.0813. The summed E-state index contributed by atoms with van der Waals surface area (Å²) in [5.74, 6) is -2.21. The van der Waals surface area contributed by atoms with Crippen LogP contribution < -0.4 is 20.3 Å². The normalized spacial score (nSPS) is 20.0. The summed E-state index contributed by atoms with van der Waals surface area (Å²) in [6.45, 7) is 10.2. The molecule has 0 bridgehead atoms. The van der Waals surface area contributed by atoms with E-state index in [1.807, 2.05) is 0 Å². The maximum Gasteiger partial charge on any atom is 0.266 e. The molecule has 0 aliphatic carbocycles. The number of benzene rings is 3. The number of hydrogen-bond donors (Lipinski definition) is 2. The Morgan fingerprint density at radius 1 is 0.879 bits per heavy atom. The van der Waals surface area contributed by atoms with Crippen molar-refractivity contribution in [2.45, 2.75) is 83.1 Å². The van der Waals surface area contributed by atoms with Crippen LogP contribution in [0.4, 0.5) is 11.4 Å². The molecule has 11 nitrogen and oxygen atoms in total. The topological polar surface area (TPSA) is 128 Å². The Balaban J connectivity index is 0.884. The molecule has 1 atom stereocenters. The highest BCUT2D eigenvalue weighted by Crippen LogP contribution is 2.47. The van der Waals surface area contributed by atoms with Crippen LogP contribution in [0.5, 0.6) is 5.75 Å². The Hall–Kier alpha value is -6.10. The van der Waals surface area contributed by atoms with E-state index in [-0.39, 0.29) is 59.6 Å². The lowest BCUT2D eigenvalue weighted by Crippen LogP contribution is -2.54. The lowest BCUT2D eigenvalue weighted by Gasteiger charge is -2.27. The summed E-state index contributed by atoms with van der Waals surface area (Å²) in [5.41, 5.74) is 7.62. The van der Waals surface area contributed by atoms with E-state index in [9.17, 15) is 24.0 Å². The molecular formula is C47H52N5O6+. The number of para-hydroxylation sites is 2. The van der Waals surface area contributed by atoms with Crippen molar-refractivity contribution >= 4 is 46.6 Å². The monoisotopic (exact) mass is 782 g/mol. The molecule has 300 valence electrons. The first-order chi connectivity index (χ1) is 27.8. The van der Waals surface area contributed by atoms with Gasteiger partial charge < -0.3 is 15.0 Å². The molecule has 1 unspecified atom stereocenters. The van der Waals surface area contributed by atoms with Crippen LogP contribution in [-0.2, 0) is 25.2 Å². The highest BCUT2D eigenvalue weighted by atomic mass is 16.5. The first kappa shape index (κ1) is 40.1. The number of unbranched alkanes of at least 4 members (excludes halogenated alkanes) is 2. The fourth-order valence-corrected chi connectivity index (χ4v) is 8.82. The largest absolute Gasteiger partial charge is 0.491 e. The zero-order valence-corrected chi connectivity index (χ0v) is 34.0. The van der Waals surface area contributed by atoms with E-state index in [1.165, 1.54) is 40.0 Å². The van der Waals surface area contributed by atoms with Gasteiger partial charge in [0.15, 0.2) is 5.71 Å². The van der Waals surface area contributed by atoms with Gasteiger partial charge in [0.05, 0.1) is 23.1 Å². The number of fused-ring (bicyclic) bond motifs is 3. The number of amides is 5. The van der Waals surface area contributed by atoms with Gasteiger partial charge in [0.1, 0.15) is 25.4 Å². The van der Waals surface area contributed by atoms with Crippen LogP contribution in [0.3, 0.4) is 0 Å². The summed E-state index contributed by atoms with van der Waals surface area (Å²) in [6, 6.07) is 20.8. The van der Waals surface area contributed by atoms with Crippen molar-refractivity contribution in [2.75, 3.05) is 31.6 Å². The number of nitrogens with zero attached hydrogens (tertiary/aromatic N) is 3. The minimum absolute atomic E-state index is 0.0424. The minimum Gasteiger partial charge on any atom is -0.491 e. The van der Waals surface area contributed by atoms with E-state index >= 15 is 0 Å². The van der Waals surface area contributed by atoms with Crippen molar-refractivity contribution in [3.63, 3.8) is 0 Å². The third-order valence-electron chi connectivity index (χ3n) is 11.9. The van der Waals surface area contributed by atoms with Crippen LogP contribution in [0.1, 0.15) is 98.1 Å². The van der Waals surface area contributed by atoms with Gasteiger partial charge in [-0.05, 0) is 62.9 Å². The van der Waals surface area contributed by atoms with E-state index in [0.717, 1.165) is 30.7 Å². The van der Waals surface area contributed by atoms with Gasteiger partial charge in [-0.1, -0.05) is 81.0 Å². The number of ether oxygens (including phenoxy) is 1. The molecule has 0 aromatic heterocycles. The maximum atomic E-state index is 13.3. The number of nitrogens with one attached hydrogen (secondary N) is 2. The van der Waals surface area contributed by atoms with Gasteiger partial charge in [0.2, 0.25) is 23.4 Å². The third-order valence-corrected chi connectivity index (χ3v) is 11.9. The smallest absolute Gasteiger partial charge is 0.266 e. The number of rotatable bonds is 14. The Morgan fingerprint density at radius 3 is 2.41 bits per heavy atom. The van der Waals surface area contributed by atoms with Gasteiger partial charge in [-0.3, -0.25) is 34.2 Å². The zero-order chi connectivity index (χ0) is 41.2. The number of carbonyl (C=O) groups is 5. The van der Waals surface area contributed by atoms with Crippen LogP contribution >= 0.6 is 0 Å². The Kier molecular flexibility index (Phi) is 11.3. The highest BCUT2D eigenvalue weighted by Gasteiger charge is 2.46. The standard InChI is InChI=1S/C47H51N5O6/c1-46(2)32-18-11-13-20-34(32)50(5)38(46)23-8-6-9-24-39-47(3,4)33-19-12-14-21-35(33)51(39)29-15-7-10-25-40(53)48-28-30-58-37-22-16-17-31-42(37)45(57)52(44(31)56)36-26-27-41(54)49-43(36)55/h6,8-9,11-14,16-24,36H,7,10,15,25-30H2,1-5H3,(H-,48,49,53,54,55)/p+1. The van der Waals surface area contributed by atoms with E-state index in [0.29, 0.717) is 6.42 Å². The molecule has 4 heterocycles. The molecule has 11 heteroatoms. The molecule has 5 amide bonds. The molecule has 2 N–H and O–H groups in total. The predicted molar refractivity (Wildman–Crippen MR) is 224 cm³/mol. The number of allylic oxidation sites excluding steroid dienone is 6. The van der Waals surface area contributed by atoms with Crippen molar-refractivity contribution in [2.24, 2.45) is 0 Å². The summed E-state index contributed by atoms with van der Waals surface area (Å²) in [6.07, 6.45) is 13.9. The average molecular weight is 783 g/mol. The molecule has 1 fully saturated rings. The number of piperidine rings is 1. The van der Waals surface area contributed by atoms with Gasteiger partial charge in [0, 0.05) is 53.9 Å². The molecule has 0 saturated carbocycles. The SMILES string of the molecule is C[N+]1=C(/C=C/C=C/C=C2/N(CCCCCC(=O)NCCOc3cccc4c3C(=O)N(C3CCC(=O)NC3=O)C4=O)c3ccccc3C2(C)C)C(C)(C)c2ccccc21. The molecule has 3 aromatic rings. The fourth-order valence-electron chi connectivity index (χ4n) is 8.82. The van der Waals surface area contributed by atoms with Gasteiger partial charge in [0.25, 0.3) is 11.8 Å². The second-order valence-corrected chi connectivity index (χ2v) is 16.3. The van der Waals surface area contributed by atoms with Crippen molar-refractivity contribution in [1.29, 1.82) is 0 Å².